The lowest BCUT2D eigenvalue weighted by Gasteiger charge is -2.16. The Kier molecular flexibility index (Phi) is 6.16. The van der Waals surface area contributed by atoms with Crippen LogP contribution in [0, 0.1) is 6.92 Å². The van der Waals surface area contributed by atoms with Crippen LogP contribution in [0.3, 0.4) is 0 Å². The SMILES string of the molecule is COc1ccccc1OCCN(C)C(=O)c1nc(C)n(-c2ccccc2Cl)n1. The van der Waals surface area contributed by atoms with Gasteiger partial charge in [0.05, 0.1) is 24.4 Å². The molecule has 0 atom stereocenters. The number of likely N-dealkylation sites (N-methyl/N-ethyl adjacent to an activating group) is 1. The summed E-state index contributed by atoms with van der Waals surface area (Å²) in [6.45, 7) is 2.46. The van der Waals surface area contributed by atoms with Gasteiger partial charge in [-0.2, -0.15) is 0 Å². The van der Waals surface area contributed by atoms with E-state index in [1.165, 1.54) is 4.90 Å². The van der Waals surface area contributed by atoms with E-state index in [-0.39, 0.29) is 11.7 Å². The molecule has 1 heterocycles. The molecule has 0 N–H and O–H groups in total. The van der Waals surface area contributed by atoms with Crippen LogP contribution in [0.2, 0.25) is 5.02 Å². The predicted octanol–water partition coefficient (Wildman–Crippen LogP) is 3.39. The average molecular weight is 401 g/mol. The van der Waals surface area contributed by atoms with Gasteiger partial charge < -0.3 is 14.4 Å². The normalized spacial score (nSPS) is 10.6. The van der Waals surface area contributed by atoms with Crippen molar-refractivity contribution in [2.45, 2.75) is 6.92 Å². The molecule has 146 valence electrons. The lowest BCUT2D eigenvalue weighted by Crippen LogP contribution is -2.31. The number of benzene rings is 2. The van der Waals surface area contributed by atoms with Gasteiger partial charge in [-0.05, 0) is 31.2 Å². The molecule has 8 heteroatoms. The number of ether oxygens (including phenoxy) is 2. The third-order valence-corrected chi connectivity index (χ3v) is 4.46. The van der Waals surface area contributed by atoms with Gasteiger partial charge >= 0.3 is 0 Å². The van der Waals surface area contributed by atoms with Crippen molar-refractivity contribution in [2.24, 2.45) is 0 Å². The minimum Gasteiger partial charge on any atom is -0.493 e. The van der Waals surface area contributed by atoms with Crippen LogP contribution >= 0.6 is 11.6 Å². The second kappa shape index (κ2) is 8.75. The fourth-order valence-electron chi connectivity index (χ4n) is 2.64. The highest BCUT2D eigenvalue weighted by molar-refractivity contribution is 6.32. The monoisotopic (exact) mass is 400 g/mol. The van der Waals surface area contributed by atoms with Gasteiger partial charge in [0.2, 0.25) is 5.82 Å². The van der Waals surface area contributed by atoms with Crippen LogP contribution < -0.4 is 9.47 Å². The van der Waals surface area contributed by atoms with Crippen molar-refractivity contribution in [1.82, 2.24) is 19.7 Å². The van der Waals surface area contributed by atoms with Crippen molar-refractivity contribution in [3.63, 3.8) is 0 Å². The van der Waals surface area contributed by atoms with Crippen molar-refractivity contribution in [3.8, 4) is 17.2 Å². The summed E-state index contributed by atoms with van der Waals surface area (Å²) in [6.07, 6.45) is 0. The van der Waals surface area contributed by atoms with Crippen molar-refractivity contribution in [3.05, 3.63) is 65.2 Å². The molecule has 1 aromatic heterocycles. The molecule has 28 heavy (non-hydrogen) atoms. The summed E-state index contributed by atoms with van der Waals surface area (Å²) < 4.78 is 12.5. The van der Waals surface area contributed by atoms with Crippen LogP contribution in [0.25, 0.3) is 5.69 Å². The molecule has 0 radical (unpaired) electrons. The molecule has 0 spiro atoms. The number of aromatic nitrogens is 3. The molecule has 0 saturated heterocycles. The van der Waals surface area contributed by atoms with Gasteiger partial charge in [0.1, 0.15) is 12.4 Å². The zero-order valence-electron chi connectivity index (χ0n) is 15.9. The Balaban J connectivity index is 1.65. The van der Waals surface area contributed by atoms with Crippen LogP contribution in [0.4, 0.5) is 0 Å². The summed E-state index contributed by atoms with van der Waals surface area (Å²) in [5.41, 5.74) is 0.676. The predicted molar refractivity (Wildman–Crippen MR) is 107 cm³/mol. The molecular weight excluding hydrogens is 380 g/mol. The Morgan fingerprint density at radius 3 is 2.54 bits per heavy atom. The first-order chi connectivity index (χ1) is 13.5. The summed E-state index contributed by atoms with van der Waals surface area (Å²) in [5, 5.41) is 4.86. The highest BCUT2D eigenvalue weighted by atomic mass is 35.5. The third kappa shape index (κ3) is 4.26. The minimum absolute atomic E-state index is 0.109. The van der Waals surface area contributed by atoms with Crippen LogP contribution in [0.5, 0.6) is 11.5 Å². The number of amides is 1. The van der Waals surface area contributed by atoms with E-state index in [9.17, 15) is 4.79 Å². The van der Waals surface area contributed by atoms with Crippen LogP contribution in [0.15, 0.2) is 48.5 Å². The molecule has 2 aromatic carbocycles. The maximum atomic E-state index is 12.7. The Morgan fingerprint density at radius 2 is 1.82 bits per heavy atom. The quantitative estimate of drug-likeness (QED) is 0.608. The second-order valence-electron chi connectivity index (χ2n) is 6.07. The molecular formula is C20H21ClN4O3. The number of aryl methyl sites for hydroxylation is 1. The first kappa shape index (κ1) is 19.7. The fourth-order valence-corrected chi connectivity index (χ4v) is 2.85. The Bertz CT molecular complexity index is 974. The topological polar surface area (TPSA) is 69.5 Å². The van der Waals surface area contributed by atoms with E-state index in [4.69, 9.17) is 21.1 Å². The second-order valence-corrected chi connectivity index (χ2v) is 6.48. The summed E-state index contributed by atoms with van der Waals surface area (Å²) in [5.74, 6) is 1.67. The molecule has 0 aliphatic rings. The minimum atomic E-state index is -0.294. The number of carbonyl (C=O) groups excluding carboxylic acids is 1. The number of halogens is 1. The molecule has 3 rings (SSSR count). The van der Waals surface area contributed by atoms with E-state index in [0.717, 1.165) is 0 Å². The molecule has 7 nitrogen and oxygen atoms in total. The Labute approximate surface area is 168 Å². The molecule has 1 amide bonds. The molecule has 0 aliphatic carbocycles. The first-order valence-electron chi connectivity index (χ1n) is 8.71. The van der Waals surface area contributed by atoms with Gasteiger partial charge in [0, 0.05) is 7.05 Å². The number of nitrogens with zero attached hydrogens (tertiary/aromatic N) is 4. The van der Waals surface area contributed by atoms with E-state index in [2.05, 4.69) is 10.1 Å². The zero-order chi connectivity index (χ0) is 20.1. The van der Waals surface area contributed by atoms with E-state index in [1.54, 1.807) is 31.8 Å². The van der Waals surface area contributed by atoms with Crippen molar-refractivity contribution in [2.75, 3.05) is 27.3 Å². The van der Waals surface area contributed by atoms with Gasteiger partial charge in [-0.3, -0.25) is 4.79 Å². The van der Waals surface area contributed by atoms with Crippen molar-refractivity contribution < 1.29 is 14.3 Å². The van der Waals surface area contributed by atoms with Crippen LogP contribution in [0.1, 0.15) is 16.4 Å². The largest absolute Gasteiger partial charge is 0.493 e. The summed E-state index contributed by atoms with van der Waals surface area (Å²) in [6, 6.07) is 14.6. The van der Waals surface area contributed by atoms with E-state index >= 15 is 0 Å². The summed E-state index contributed by atoms with van der Waals surface area (Å²) in [4.78, 5) is 18.5. The van der Waals surface area contributed by atoms with E-state index in [1.807, 2.05) is 42.5 Å². The zero-order valence-corrected chi connectivity index (χ0v) is 16.7. The van der Waals surface area contributed by atoms with Gasteiger partial charge in [0.25, 0.3) is 5.91 Å². The summed E-state index contributed by atoms with van der Waals surface area (Å²) >= 11 is 6.22. The molecule has 0 unspecified atom stereocenters. The van der Waals surface area contributed by atoms with E-state index < -0.39 is 0 Å². The maximum Gasteiger partial charge on any atom is 0.293 e. The van der Waals surface area contributed by atoms with Gasteiger partial charge in [-0.15, -0.1) is 5.10 Å². The fraction of sp³-hybridized carbons (Fsp3) is 0.250. The van der Waals surface area contributed by atoms with Crippen molar-refractivity contribution in [1.29, 1.82) is 0 Å². The Morgan fingerprint density at radius 1 is 1.14 bits per heavy atom. The van der Waals surface area contributed by atoms with Crippen molar-refractivity contribution >= 4 is 17.5 Å². The first-order valence-corrected chi connectivity index (χ1v) is 9.09. The molecule has 0 aliphatic heterocycles. The lowest BCUT2D eigenvalue weighted by atomic mass is 10.3. The standard InChI is InChI=1S/C20H21ClN4O3/c1-14-22-19(23-25(14)16-9-5-4-8-15(16)21)20(26)24(2)12-13-28-18-11-7-6-10-17(18)27-3/h4-11H,12-13H2,1-3H3. The van der Waals surface area contributed by atoms with Crippen LogP contribution in [-0.2, 0) is 0 Å². The van der Waals surface area contributed by atoms with Gasteiger partial charge in [-0.25, -0.2) is 9.67 Å². The number of hydrogen-bond acceptors (Lipinski definition) is 5. The highest BCUT2D eigenvalue weighted by Crippen LogP contribution is 2.25. The molecule has 0 fully saturated rings. The Hall–Kier alpha value is -3.06. The molecule has 0 bridgehead atoms. The highest BCUT2D eigenvalue weighted by Gasteiger charge is 2.20. The van der Waals surface area contributed by atoms with Gasteiger partial charge in [-0.1, -0.05) is 35.9 Å². The van der Waals surface area contributed by atoms with E-state index in [0.29, 0.717) is 41.2 Å². The molecule has 3 aromatic rings. The lowest BCUT2D eigenvalue weighted by molar-refractivity contribution is 0.0761. The number of hydrogen-bond donors (Lipinski definition) is 0. The summed E-state index contributed by atoms with van der Waals surface area (Å²) in [7, 11) is 3.26. The number of rotatable bonds is 7. The maximum absolute atomic E-state index is 12.7. The third-order valence-electron chi connectivity index (χ3n) is 4.14. The smallest absolute Gasteiger partial charge is 0.293 e. The van der Waals surface area contributed by atoms with Crippen LogP contribution in [-0.4, -0.2) is 52.9 Å². The average Bonchev–Trinajstić information content (AvgIpc) is 3.09. The number of carbonyl (C=O) groups is 1. The number of para-hydroxylation sites is 3. The molecule has 0 saturated carbocycles. The number of methoxy groups -OCH3 is 1. The van der Waals surface area contributed by atoms with Gasteiger partial charge in [0.15, 0.2) is 11.5 Å².